The predicted octanol–water partition coefficient (Wildman–Crippen LogP) is 2.55. The Morgan fingerprint density at radius 3 is 2.92 bits per heavy atom. The molecule has 0 spiro atoms. The number of unbranched alkanes of at least 4 members (excludes halogenated alkanes) is 1. The second-order valence-electron chi connectivity index (χ2n) is 3.36. The van der Waals surface area contributed by atoms with Crippen LogP contribution in [0.4, 0.5) is 0 Å². The van der Waals surface area contributed by atoms with Gasteiger partial charge in [0.2, 0.25) is 0 Å². The zero-order valence-electron chi connectivity index (χ0n) is 7.73. The van der Waals surface area contributed by atoms with Gasteiger partial charge in [-0.25, -0.2) is 0 Å². The van der Waals surface area contributed by atoms with Crippen molar-refractivity contribution in [2.24, 2.45) is 5.92 Å². The Morgan fingerprint density at radius 2 is 2.33 bits per heavy atom. The molecular weight excluding hydrogens is 148 g/mol. The fraction of sp³-hybridized carbons (Fsp3) is 0.727. The van der Waals surface area contributed by atoms with Crippen LogP contribution in [-0.4, -0.2) is 5.78 Å². The van der Waals surface area contributed by atoms with E-state index in [1.54, 1.807) is 0 Å². The lowest BCUT2D eigenvalue weighted by molar-refractivity contribution is -0.120. The molecule has 0 radical (unpaired) electrons. The average molecular weight is 164 g/mol. The largest absolute Gasteiger partial charge is 0.299 e. The first-order valence-electron chi connectivity index (χ1n) is 4.83. The Morgan fingerprint density at radius 1 is 1.50 bits per heavy atom. The van der Waals surface area contributed by atoms with Crippen molar-refractivity contribution in [3.8, 4) is 11.8 Å². The van der Waals surface area contributed by atoms with E-state index in [-0.39, 0.29) is 5.92 Å². The van der Waals surface area contributed by atoms with Crippen molar-refractivity contribution in [2.45, 2.75) is 45.4 Å². The minimum atomic E-state index is 0.273. The quantitative estimate of drug-likeness (QED) is 0.573. The van der Waals surface area contributed by atoms with E-state index >= 15 is 0 Å². The van der Waals surface area contributed by atoms with E-state index in [0.29, 0.717) is 5.78 Å². The zero-order valence-corrected chi connectivity index (χ0v) is 7.73. The minimum absolute atomic E-state index is 0.273. The Bertz CT molecular complexity index is 207. The van der Waals surface area contributed by atoms with Crippen molar-refractivity contribution < 1.29 is 4.79 Å². The Hall–Kier alpha value is -0.770. The van der Waals surface area contributed by atoms with E-state index in [2.05, 4.69) is 18.8 Å². The van der Waals surface area contributed by atoms with Crippen LogP contribution in [0.1, 0.15) is 45.4 Å². The van der Waals surface area contributed by atoms with Crippen LogP contribution in [0.5, 0.6) is 0 Å². The van der Waals surface area contributed by atoms with Crippen molar-refractivity contribution in [1.29, 1.82) is 0 Å². The number of ketones is 1. The first-order chi connectivity index (χ1) is 5.84. The summed E-state index contributed by atoms with van der Waals surface area (Å²) in [6.45, 7) is 2.12. The van der Waals surface area contributed by atoms with Gasteiger partial charge < -0.3 is 0 Å². The van der Waals surface area contributed by atoms with Gasteiger partial charge in [0.05, 0.1) is 0 Å². The molecule has 0 aromatic carbocycles. The van der Waals surface area contributed by atoms with Gasteiger partial charge in [-0.15, -0.1) is 11.8 Å². The van der Waals surface area contributed by atoms with Crippen LogP contribution in [0, 0.1) is 17.8 Å². The van der Waals surface area contributed by atoms with Crippen LogP contribution in [0.2, 0.25) is 0 Å². The first kappa shape index (κ1) is 9.32. The van der Waals surface area contributed by atoms with Crippen molar-refractivity contribution in [2.75, 3.05) is 0 Å². The van der Waals surface area contributed by atoms with Gasteiger partial charge in [-0.05, 0) is 19.3 Å². The molecule has 0 amide bonds. The number of rotatable bonds is 2. The summed E-state index contributed by atoms with van der Waals surface area (Å²) in [6.07, 6.45) is 5.84. The maximum absolute atomic E-state index is 11.2. The van der Waals surface area contributed by atoms with E-state index < -0.39 is 0 Å². The summed E-state index contributed by atoms with van der Waals surface area (Å²) < 4.78 is 0. The highest BCUT2D eigenvalue weighted by Gasteiger charge is 2.22. The van der Waals surface area contributed by atoms with Crippen LogP contribution in [-0.2, 0) is 4.79 Å². The van der Waals surface area contributed by atoms with E-state index in [4.69, 9.17) is 0 Å². The van der Waals surface area contributed by atoms with Crippen molar-refractivity contribution in [1.82, 2.24) is 0 Å². The Labute approximate surface area is 74.5 Å². The molecule has 0 N–H and O–H groups in total. The van der Waals surface area contributed by atoms with Gasteiger partial charge >= 0.3 is 0 Å². The summed E-state index contributed by atoms with van der Waals surface area (Å²) in [5.74, 6) is 6.87. The van der Waals surface area contributed by atoms with Crippen molar-refractivity contribution in [3.05, 3.63) is 0 Å². The third-order valence-electron chi connectivity index (χ3n) is 2.28. The van der Waals surface area contributed by atoms with Gasteiger partial charge in [-0.2, -0.15) is 0 Å². The predicted molar refractivity (Wildman–Crippen MR) is 49.6 cm³/mol. The molecule has 1 nitrogen and oxygen atoms in total. The molecule has 0 aromatic rings. The maximum Gasteiger partial charge on any atom is 0.136 e. The fourth-order valence-electron chi connectivity index (χ4n) is 1.51. The van der Waals surface area contributed by atoms with Gasteiger partial charge in [0.25, 0.3) is 0 Å². The summed E-state index contributed by atoms with van der Waals surface area (Å²) in [6, 6.07) is 0. The molecule has 0 aliphatic heterocycles. The maximum atomic E-state index is 11.2. The van der Waals surface area contributed by atoms with Crippen molar-refractivity contribution >= 4 is 5.78 Å². The summed E-state index contributed by atoms with van der Waals surface area (Å²) in [7, 11) is 0. The van der Waals surface area contributed by atoms with Crippen LogP contribution in [0.15, 0.2) is 0 Å². The van der Waals surface area contributed by atoms with Gasteiger partial charge in [0, 0.05) is 25.2 Å². The third kappa shape index (κ3) is 2.70. The van der Waals surface area contributed by atoms with Crippen LogP contribution in [0.3, 0.4) is 0 Å². The highest BCUT2D eigenvalue weighted by molar-refractivity contribution is 5.83. The average Bonchev–Trinajstić information content (AvgIpc) is 2.46. The molecule has 1 rings (SSSR count). The van der Waals surface area contributed by atoms with Crippen LogP contribution >= 0.6 is 0 Å². The number of carbonyl (C=O) groups is 1. The fourth-order valence-corrected chi connectivity index (χ4v) is 1.51. The van der Waals surface area contributed by atoms with E-state index in [0.717, 1.165) is 38.5 Å². The third-order valence-corrected chi connectivity index (χ3v) is 2.28. The number of hydrogen-bond acceptors (Lipinski definition) is 1. The van der Waals surface area contributed by atoms with Gasteiger partial charge in [0.1, 0.15) is 5.78 Å². The lowest BCUT2D eigenvalue weighted by atomic mass is 10.0. The van der Waals surface area contributed by atoms with Gasteiger partial charge in [-0.1, -0.05) is 6.92 Å². The van der Waals surface area contributed by atoms with E-state index in [9.17, 15) is 4.79 Å². The molecule has 12 heavy (non-hydrogen) atoms. The molecular formula is C11H16O. The lowest BCUT2D eigenvalue weighted by Crippen LogP contribution is -2.04. The normalized spacial score (nSPS) is 22.1. The molecule has 0 heterocycles. The molecule has 1 aliphatic rings. The van der Waals surface area contributed by atoms with E-state index in [1.165, 1.54) is 0 Å². The summed E-state index contributed by atoms with van der Waals surface area (Å²) in [5, 5.41) is 0. The molecule has 0 saturated heterocycles. The minimum Gasteiger partial charge on any atom is -0.299 e. The summed E-state index contributed by atoms with van der Waals surface area (Å²) in [4.78, 5) is 11.2. The SMILES string of the molecule is CCCC#CCC1CCCC1=O. The topological polar surface area (TPSA) is 17.1 Å². The standard InChI is InChI=1S/C11H16O/c1-2-3-4-5-7-10-8-6-9-11(10)12/h10H,2-3,6-9H2,1H3. The van der Waals surface area contributed by atoms with Crippen LogP contribution < -0.4 is 0 Å². The van der Waals surface area contributed by atoms with Gasteiger partial charge in [-0.3, -0.25) is 4.79 Å². The highest BCUT2D eigenvalue weighted by atomic mass is 16.1. The van der Waals surface area contributed by atoms with Crippen molar-refractivity contribution in [3.63, 3.8) is 0 Å². The zero-order chi connectivity index (χ0) is 8.81. The molecule has 1 atom stereocenters. The first-order valence-corrected chi connectivity index (χ1v) is 4.83. The Balaban J connectivity index is 2.23. The summed E-state index contributed by atoms with van der Waals surface area (Å²) in [5.41, 5.74) is 0. The lowest BCUT2D eigenvalue weighted by Gasteiger charge is -1.99. The molecule has 1 heteroatoms. The second kappa shape index (κ2) is 4.98. The number of hydrogen-bond donors (Lipinski definition) is 0. The summed E-state index contributed by atoms with van der Waals surface area (Å²) >= 11 is 0. The molecule has 66 valence electrons. The number of carbonyl (C=O) groups excluding carboxylic acids is 1. The van der Waals surface area contributed by atoms with Gasteiger partial charge in [0.15, 0.2) is 0 Å². The molecule has 1 aliphatic carbocycles. The van der Waals surface area contributed by atoms with Crippen LogP contribution in [0.25, 0.3) is 0 Å². The molecule has 1 unspecified atom stereocenters. The monoisotopic (exact) mass is 164 g/mol. The smallest absolute Gasteiger partial charge is 0.136 e. The molecule has 0 bridgehead atoms. The molecule has 0 aromatic heterocycles. The molecule has 1 saturated carbocycles. The number of Topliss-reactive ketones (excluding diaryl/α,β-unsaturated/α-hetero) is 1. The van der Waals surface area contributed by atoms with E-state index in [1.807, 2.05) is 0 Å². The second-order valence-corrected chi connectivity index (χ2v) is 3.36. The molecule has 1 fully saturated rings. The highest BCUT2D eigenvalue weighted by Crippen LogP contribution is 2.23. The Kier molecular flexibility index (Phi) is 3.87.